The SMILES string of the molecule is Cc1ccnc(-n2cccc2CN2[C@@H]3CC[C@H]2CN(C)C(=O)C3)c1. The molecular formula is C19H24N4O. The Labute approximate surface area is 142 Å². The summed E-state index contributed by atoms with van der Waals surface area (Å²) in [6, 6.07) is 9.22. The second-order valence-corrected chi connectivity index (χ2v) is 7.10. The van der Waals surface area contributed by atoms with E-state index in [-0.39, 0.29) is 5.91 Å². The molecule has 2 aromatic rings. The first-order valence-electron chi connectivity index (χ1n) is 8.71. The smallest absolute Gasteiger partial charge is 0.223 e. The van der Waals surface area contributed by atoms with E-state index in [1.165, 1.54) is 17.7 Å². The van der Waals surface area contributed by atoms with Crippen LogP contribution in [0.2, 0.25) is 0 Å². The summed E-state index contributed by atoms with van der Waals surface area (Å²) in [5.74, 6) is 1.24. The Morgan fingerprint density at radius 1 is 1.25 bits per heavy atom. The maximum absolute atomic E-state index is 12.2. The van der Waals surface area contributed by atoms with Crippen molar-refractivity contribution in [1.29, 1.82) is 0 Å². The average molecular weight is 324 g/mol. The fourth-order valence-electron chi connectivity index (χ4n) is 4.07. The number of amides is 1. The summed E-state index contributed by atoms with van der Waals surface area (Å²) in [4.78, 5) is 21.1. The molecule has 0 radical (unpaired) electrons. The van der Waals surface area contributed by atoms with Crippen LogP contribution in [-0.2, 0) is 11.3 Å². The van der Waals surface area contributed by atoms with Crippen LogP contribution in [0, 0.1) is 6.92 Å². The summed E-state index contributed by atoms with van der Waals surface area (Å²) in [5, 5.41) is 0. The second-order valence-electron chi connectivity index (χ2n) is 7.10. The molecule has 2 fully saturated rings. The monoisotopic (exact) mass is 324 g/mol. The molecule has 0 aliphatic carbocycles. The van der Waals surface area contributed by atoms with Crippen LogP contribution in [0.4, 0.5) is 0 Å². The quantitative estimate of drug-likeness (QED) is 0.870. The maximum atomic E-state index is 12.2. The topological polar surface area (TPSA) is 41.4 Å². The van der Waals surface area contributed by atoms with Gasteiger partial charge in [-0.3, -0.25) is 9.69 Å². The van der Waals surface area contributed by atoms with E-state index in [0.29, 0.717) is 18.5 Å². The summed E-state index contributed by atoms with van der Waals surface area (Å²) >= 11 is 0. The van der Waals surface area contributed by atoms with Gasteiger partial charge >= 0.3 is 0 Å². The summed E-state index contributed by atoms with van der Waals surface area (Å²) < 4.78 is 2.17. The fraction of sp³-hybridized carbons (Fsp3) is 0.474. The largest absolute Gasteiger partial charge is 0.344 e. The molecule has 2 aliphatic rings. The van der Waals surface area contributed by atoms with Gasteiger partial charge in [0.2, 0.25) is 5.91 Å². The van der Waals surface area contributed by atoms with Crippen molar-refractivity contribution in [2.24, 2.45) is 0 Å². The lowest BCUT2D eigenvalue weighted by atomic mass is 10.1. The number of fused-ring (bicyclic) bond motifs is 2. The van der Waals surface area contributed by atoms with Crippen LogP contribution in [0.3, 0.4) is 0 Å². The van der Waals surface area contributed by atoms with Gasteiger partial charge in [0, 0.05) is 56.7 Å². The van der Waals surface area contributed by atoms with E-state index < -0.39 is 0 Å². The van der Waals surface area contributed by atoms with E-state index in [4.69, 9.17) is 0 Å². The highest BCUT2D eigenvalue weighted by Crippen LogP contribution is 2.32. The Hall–Kier alpha value is -2.14. The molecule has 4 heterocycles. The lowest BCUT2D eigenvalue weighted by Gasteiger charge is -2.28. The Balaban J connectivity index is 1.60. The van der Waals surface area contributed by atoms with Crippen LogP contribution in [0.15, 0.2) is 36.7 Å². The number of carbonyl (C=O) groups is 1. The first-order chi connectivity index (χ1) is 11.6. The van der Waals surface area contributed by atoms with Crippen LogP contribution in [0.1, 0.15) is 30.5 Å². The maximum Gasteiger partial charge on any atom is 0.223 e. The Bertz CT molecular complexity index is 753. The molecule has 0 N–H and O–H groups in total. The van der Waals surface area contributed by atoms with Gasteiger partial charge in [0.25, 0.3) is 0 Å². The number of pyridine rings is 1. The minimum atomic E-state index is 0.280. The molecule has 2 saturated heterocycles. The predicted octanol–water partition coefficient (Wildman–Crippen LogP) is 2.38. The number of likely N-dealkylation sites (tertiary alicyclic amines) is 1. The lowest BCUT2D eigenvalue weighted by molar-refractivity contribution is -0.130. The highest BCUT2D eigenvalue weighted by atomic mass is 16.2. The molecule has 0 aromatic carbocycles. The molecule has 24 heavy (non-hydrogen) atoms. The minimum absolute atomic E-state index is 0.280. The van der Waals surface area contributed by atoms with Gasteiger partial charge in [0.05, 0.1) is 0 Å². The molecule has 0 unspecified atom stereocenters. The normalized spacial score (nSPS) is 24.4. The van der Waals surface area contributed by atoms with Crippen molar-refractivity contribution in [3.63, 3.8) is 0 Å². The molecule has 1 amide bonds. The standard InChI is InChI=1S/C19H24N4O/c1-14-7-8-20-18(10-14)22-9-3-4-16(22)13-23-15-5-6-17(23)12-21(2)19(24)11-15/h3-4,7-10,15,17H,5-6,11-13H2,1-2H3/t15-,17+/m1/s1. The van der Waals surface area contributed by atoms with Crippen LogP contribution in [0.5, 0.6) is 0 Å². The minimum Gasteiger partial charge on any atom is -0.344 e. The number of hydrogen-bond acceptors (Lipinski definition) is 3. The van der Waals surface area contributed by atoms with E-state index in [1.54, 1.807) is 0 Å². The van der Waals surface area contributed by atoms with Gasteiger partial charge in [-0.2, -0.15) is 0 Å². The van der Waals surface area contributed by atoms with Crippen LogP contribution in [0.25, 0.3) is 5.82 Å². The van der Waals surface area contributed by atoms with Crippen LogP contribution in [-0.4, -0.2) is 50.9 Å². The van der Waals surface area contributed by atoms with Gasteiger partial charge in [-0.05, 0) is 49.6 Å². The Morgan fingerprint density at radius 2 is 2.08 bits per heavy atom. The molecule has 4 rings (SSSR count). The fourth-order valence-corrected chi connectivity index (χ4v) is 4.07. The van der Waals surface area contributed by atoms with Gasteiger partial charge < -0.3 is 9.47 Å². The Kier molecular flexibility index (Phi) is 3.88. The number of aryl methyl sites for hydroxylation is 1. The molecule has 2 bridgehead atoms. The number of hydrogen-bond donors (Lipinski definition) is 0. The molecule has 2 aliphatic heterocycles. The van der Waals surface area contributed by atoms with Gasteiger partial charge in [0.15, 0.2) is 0 Å². The zero-order chi connectivity index (χ0) is 16.7. The van der Waals surface area contributed by atoms with Crippen molar-refractivity contribution in [2.75, 3.05) is 13.6 Å². The van der Waals surface area contributed by atoms with Gasteiger partial charge in [-0.1, -0.05) is 0 Å². The summed E-state index contributed by atoms with van der Waals surface area (Å²) in [6.45, 7) is 3.81. The van der Waals surface area contributed by atoms with Crippen molar-refractivity contribution in [3.8, 4) is 5.82 Å². The van der Waals surface area contributed by atoms with Gasteiger partial charge in [-0.15, -0.1) is 0 Å². The zero-order valence-corrected chi connectivity index (χ0v) is 14.4. The number of likely N-dealkylation sites (N-methyl/N-ethyl adjacent to an activating group) is 1. The van der Waals surface area contributed by atoms with E-state index >= 15 is 0 Å². The third-order valence-corrected chi connectivity index (χ3v) is 5.42. The molecular weight excluding hydrogens is 300 g/mol. The highest BCUT2D eigenvalue weighted by Gasteiger charge is 2.39. The first kappa shape index (κ1) is 15.4. The second kappa shape index (κ2) is 6.06. The molecule has 2 atom stereocenters. The molecule has 0 spiro atoms. The van der Waals surface area contributed by atoms with Gasteiger partial charge in [0.1, 0.15) is 5.82 Å². The molecule has 126 valence electrons. The molecule has 2 aromatic heterocycles. The van der Waals surface area contributed by atoms with E-state index in [9.17, 15) is 4.79 Å². The van der Waals surface area contributed by atoms with Crippen molar-refractivity contribution >= 4 is 5.91 Å². The van der Waals surface area contributed by atoms with Crippen molar-refractivity contribution in [1.82, 2.24) is 19.4 Å². The van der Waals surface area contributed by atoms with Crippen molar-refractivity contribution < 1.29 is 4.79 Å². The molecule has 5 nitrogen and oxygen atoms in total. The van der Waals surface area contributed by atoms with Crippen LogP contribution >= 0.6 is 0 Å². The van der Waals surface area contributed by atoms with Crippen LogP contribution < -0.4 is 0 Å². The summed E-state index contributed by atoms with van der Waals surface area (Å²) in [6.07, 6.45) is 6.90. The van der Waals surface area contributed by atoms with Gasteiger partial charge in [-0.25, -0.2) is 4.98 Å². The number of carbonyl (C=O) groups excluding carboxylic acids is 1. The average Bonchev–Trinajstić information content (AvgIpc) is 3.13. The summed E-state index contributed by atoms with van der Waals surface area (Å²) in [7, 11) is 1.93. The first-order valence-corrected chi connectivity index (χ1v) is 8.71. The lowest BCUT2D eigenvalue weighted by Crippen LogP contribution is -2.38. The number of aromatic nitrogens is 2. The number of rotatable bonds is 3. The van der Waals surface area contributed by atoms with E-state index in [0.717, 1.165) is 25.3 Å². The molecule has 0 saturated carbocycles. The highest BCUT2D eigenvalue weighted by molar-refractivity contribution is 5.77. The van der Waals surface area contributed by atoms with E-state index in [2.05, 4.69) is 45.8 Å². The Morgan fingerprint density at radius 3 is 2.92 bits per heavy atom. The van der Waals surface area contributed by atoms with E-state index in [1.807, 2.05) is 24.2 Å². The third-order valence-electron chi connectivity index (χ3n) is 5.42. The summed E-state index contributed by atoms with van der Waals surface area (Å²) in [5.41, 5.74) is 2.45. The van der Waals surface area contributed by atoms with Crippen molar-refractivity contribution in [3.05, 3.63) is 47.9 Å². The zero-order valence-electron chi connectivity index (χ0n) is 14.4. The molecule has 5 heteroatoms. The van der Waals surface area contributed by atoms with Crippen molar-refractivity contribution in [2.45, 2.75) is 44.8 Å². The number of nitrogens with zero attached hydrogens (tertiary/aromatic N) is 4. The predicted molar refractivity (Wildman–Crippen MR) is 92.9 cm³/mol. The third kappa shape index (κ3) is 2.73.